The fourth-order valence-corrected chi connectivity index (χ4v) is 19.8. The van der Waals surface area contributed by atoms with Crippen LogP contribution in [0.1, 0.15) is 170 Å². The van der Waals surface area contributed by atoms with E-state index in [0.29, 0.717) is 86.5 Å². The summed E-state index contributed by atoms with van der Waals surface area (Å²) in [4.78, 5) is 69.9. The second kappa shape index (κ2) is 35.4. The van der Waals surface area contributed by atoms with Gasteiger partial charge < -0.3 is 39.5 Å². The third-order valence-corrected chi connectivity index (χ3v) is 26.7. The standard InChI is InChI=1S/2C42H45ClN6O7S/c2*43-36-5-2-1-4-34(36)38-6-3-19-48(38)31-10-7-28(8-11-31)29-9-13-35(40(23-29)56-32-22-30-15-18-44-41(30)46-26-32)42(50)47-57(53,54)33-12-14-37(39(24-33)49(51)52)45-25-27-16-20-55-21-17-27/h2*1-2,4-5,9,12-15,18,22-24,26-28,31,38,45H,3,6-8,10-11,16-17,19-21,25H2,(H,44,46)(H,47,50). The summed E-state index contributed by atoms with van der Waals surface area (Å²) in [7, 11) is -9.06. The number of anilines is 2. The van der Waals surface area contributed by atoms with Gasteiger partial charge in [0.25, 0.3) is 43.2 Å². The highest BCUT2D eigenvalue weighted by molar-refractivity contribution is 7.90. The molecule has 8 heterocycles. The Kier molecular flexibility index (Phi) is 24.6. The highest BCUT2D eigenvalue weighted by Gasteiger charge is 2.39. The number of amides is 2. The fourth-order valence-electron chi connectivity index (χ4n) is 17.3. The van der Waals surface area contributed by atoms with Crippen molar-refractivity contribution in [2.24, 2.45) is 11.8 Å². The number of pyridine rings is 2. The van der Waals surface area contributed by atoms with Crippen LogP contribution in [0.15, 0.2) is 180 Å². The van der Waals surface area contributed by atoms with Crippen molar-refractivity contribution in [2.75, 3.05) is 63.2 Å². The van der Waals surface area contributed by atoms with Crippen LogP contribution in [0.25, 0.3) is 22.1 Å². The molecule has 6 N–H and O–H groups in total. The highest BCUT2D eigenvalue weighted by Crippen LogP contribution is 2.47. The molecule has 4 aliphatic heterocycles. The van der Waals surface area contributed by atoms with E-state index in [2.05, 4.69) is 74.1 Å². The summed E-state index contributed by atoms with van der Waals surface area (Å²) in [6.45, 7) is 5.58. The summed E-state index contributed by atoms with van der Waals surface area (Å²) < 4.78 is 82.2. The maximum Gasteiger partial charge on any atom is 0.293 e. The molecule has 2 amide bonds. The van der Waals surface area contributed by atoms with Gasteiger partial charge in [0, 0.05) is 109 Å². The van der Waals surface area contributed by atoms with Gasteiger partial charge in [-0.15, -0.1) is 0 Å². The molecule has 2 aliphatic carbocycles. The molecule has 6 aliphatic rings. The van der Waals surface area contributed by atoms with Crippen LogP contribution in [0.5, 0.6) is 23.0 Å². The first-order chi connectivity index (χ1) is 55.2. The Labute approximate surface area is 670 Å². The zero-order chi connectivity index (χ0) is 79.0. The second-order valence-electron chi connectivity index (χ2n) is 30.3. The fraction of sp³-hybridized carbons (Fsp3) is 0.381. The van der Waals surface area contributed by atoms with Crippen LogP contribution < -0.4 is 29.6 Å². The highest BCUT2D eigenvalue weighted by atomic mass is 35.5. The number of halogens is 2. The van der Waals surface area contributed by atoms with Gasteiger partial charge in [0.15, 0.2) is 0 Å². The van der Waals surface area contributed by atoms with Crippen molar-refractivity contribution >= 4 is 99.9 Å². The lowest BCUT2D eigenvalue weighted by Gasteiger charge is -2.38. The number of hydrogen-bond acceptors (Lipinski definition) is 20. The number of aromatic amines is 2. The first-order valence-electron chi connectivity index (χ1n) is 39.1. The third-order valence-electron chi connectivity index (χ3n) is 23.3. The molecule has 596 valence electrons. The van der Waals surface area contributed by atoms with E-state index in [4.69, 9.17) is 42.1 Å². The molecule has 114 heavy (non-hydrogen) atoms. The Morgan fingerprint density at radius 3 is 1.30 bits per heavy atom. The van der Waals surface area contributed by atoms with E-state index in [1.165, 1.54) is 47.8 Å². The lowest BCUT2D eigenvalue weighted by Crippen LogP contribution is -2.37. The Morgan fingerprint density at radius 1 is 0.500 bits per heavy atom. The van der Waals surface area contributed by atoms with E-state index in [9.17, 15) is 46.7 Å². The molecule has 2 saturated carbocycles. The summed E-state index contributed by atoms with van der Waals surface area (Å²) in [5, 5.41) is 33.5. The molecule has 4 aromatic heterocycles. The molecule has 6 aromatic carbocycles. The van der Waals surface area contributed by atoms with Crippen LogP contribution >= 0.6 is 23.2 Å². The maximum atomic E-state index is 13.9. The maximum absolute atomic E-state index is 13.9. The first-order valence-corrected chi connectivity index (χ1v) is 42.8. The van der Waals surface area contributed by atoms with Crippen LogP contribution in [0.2, 0.25) is 10.0 Å². The quantitative estimate of drug-likeness (QED) is 0.0242. The number of nitrogens with zero attached hydrogens (tertiary/aromatic N) is 6. The number of hydrogen-bond donors (Lipinski definition) is 6. The first kappa shape index (κ1) is 79.2. The number of likely N-dealkylation sites (tertiary alicyclic amines) is 2. The van der Waals surface area contributed by atoms with Crippen molar-refractivity contribution in [2.45, 2.75) is 149 Å². The molecule has 0 radical (unpaired) electrons. The zero-order valence-corrected chi connectivity index (χ0v) is 65.9. The van der Waals surface area contributed by atoms with E-state index in [1.807, 2.05) is 60.7 Å². The lowest BCUT2D eigenvalue weighted by atomic mass is 9.80. The van der Waals surface area contributed by atoms with Crippen molar-refractivity contribution in [1.82, 2.24) is 39.2 Å². The van der Waals surface area contributed by atoms with Crippen LogP contribution in [-0.2, 0) is 29.5 Å². The zero-order valence-electron chi connectivity index (χ0n) is 62.7. The van der Waals surface area contributed by atoms with Gasteiger partial charge in [-0.2, -0.15) is 0 Å². The normalized spacial score (nSPS) is 20.7. The van der Waals surface area contributed by atoms with Gasteiger partial charge in [0.2, 0.25) is 0 Å². The average Bonchev–Trinajstić information content (AvgIpc) is 1.50. The summed E-state index contributed by atoms with van der Waals surface area (Å²) in [6, 6.07) is 42.7. The van der Waals surface area contributed by atoms with E-state index in [1.54, 1.807) is 36.7 Å². The minimum atomic E-state index is -4.53. The predicted octanol–water partition coefficient (Wildman–Crippen LogP) is 17.5. The molecule has 0 spiro atoms. The molecule has 10 aromatic rings. The minimum absolute atomic E-state index is 0.00549. The topological polar surface area (TPSA) is 338 Å². The van der Waals surface area contributed by atoms with Gasteiger partial charge in [0.05, 0.1) is 43.2 Å². The Morgan fingerprint density at radius 2 is 0.904 bits per heavy atom. The summed E-state index contributed by atoms with van der Waals surface area (Å²) in [5.41, 5.74) is 5.28. The number of nitrogens with one attached hydrogen (secondary N) is 6. The number of nitro groups is 2. The lowest BCUT2D eigenvalue weighted by molar-refractivity contribution is -0.384. The van der Waals surface area contributed by atoms with Gasteiger partial charge in [-0.3, -0.25) is 39.6 Å². The number of sulfonamides is 2. The smallest absolute Gasteiger partial charge is 0.293 e. The summed E-state index contributed by atoms with van der Waals surface area (Å²) in [6.07, 6.45) is 22.1. The summed E-state index contributed by atoms with van der Waals surface area (Å²) >= 11 is 13.3. The number of rotatable bonds is 24. The monoisotopic (exact) mass is 1620 g/mol. The van der Waals surface area contributed by atoms with E-state index in [-0.39, 0.29) is 57.7 Å². The minimum Gasteiger partial charge on any atom is -0.455 e. The third kappa shape index (κ3) is 18.4. The molecule has 6 fully saturated rings. The van der Waals surface area contributed by atoms with Crippen LogP contribution in [-0.4, -0.2) is 133 Å². The van der Waals surface area contributed by atoms with Crippen molar-refractivity contribution in [1.29, 1.82) is 0 Å². The van der Waals surface area contributed by atoms with Gasteiger partial charge >= 0.3 is 0 Å². The van der Waals surface area contributed by atoms with Gasteiger partial charge in [-0.1, -0.05) is 71.7 Å². The number of nitro benzene ring substituents is 2. The molecule has 4 saturated heterocycles. The molecular weight excluding hydrogens is 1540 g/mol. The number of H-pyrrole nitrogens is 2. The molecular formula is C84H90Cl2N12O14S2. The number of benzene rings is 6. The molecule has 2 atom stereocenters. The van der Waals surface area contributed by atoms with Crippen molar-refractivity contribution in [3.8, 4) is 23.0 Å². The van der Waals surface area contributed by atoms with E-state index in [0.717, 1.165) is 160 Å². The van der Waals surface area contributed by atoms with Gasteiger partial charge in [-0.05, 0) is 247 Å². The number of carbonyl (C=O) groups excluding carboxylic acids is 2. The molecule has 30 heteroatoms. The number of carbonyl (C=O) groups is 2. The van der Waals surface area contributed by atoms with Crippen LogP contribution in [0.3, 0.4) is 0 Å². The largest absolute Gasteiger partial charge is 0.455 e. The predicted molar refractivity (Wildman–Crippen MR) is 435 cm³/mol. The van der Waals surface area contributed by atoms with Gasteiger partial charge in [-0.25, -0.2) is 36.2 Å². The average molecular weight is 1630 g/mol. The Hall–Kier alpha value is -10.0. The molecule has 26 nitrogen and oxygen atoms in total. The number of fused-ring (bicyclic) bond motifs is 2. The summed E-state index contributed by atoms with van der Waals surface area (Å²) in [5.74, 6) is 0.208. The van der Waals surface area contributed by atoms with Gasteiger partial charge in [0.1, 0.15) is 45.7 Å². The Bertz CT molecular complexity index is 5080. The number of ether oxygens (including phenoxy) is 4. The van der Waals surface area contributed by atoms with Crippen molar-refractivity contribution in [3.05, 3.63) is 234 Å². The van der Waals surface area contributed by atoms with Crippen molar-refractivity contribution in [3.63, 3.8) is 0 Å². The molecule has 0 bridgehead atoms. The van der Waals surface area contributed by atoms with Crippen LogP contribution in [0, 0.1) is 32.1 Å². The Balaban J connectivity index is 0.000000180. The van der Waals surface area contributed by atoms with Crippen LogP contribution in [0.4, 0.5) is 22.7 Å². The van der Waals surface area contributed by atoms with Crippen molar-refractivity contribution < 1.29 is 55.2 Å². The molecule has 16 rings (SSSR count). The second-order valence-corrected chi connectivity index (χ2v) is 34.5. The molecule has 2 unspecified atom stereocenters. The van der Waals surface area contributed by atoms with E-state index < -0.39 is 62.9 Å². The SMILES string of the molecule is O=C(NS(=O)(=O)c1ccc(NCC2CCOCC2)c([N+](=O)[O-])c1)c1ccc(C2CCC(N3CCCC3c3ccccc3Cl)CC2)cc1Oc1cnc2[nH]ccc2c1.O=C(NS(=O)(=O)c1ccc(NCC2CCOCC2)c([N+](=O)[O-])c1)c1ccc(C2CCC(N3CCCC3c3ccccc3Cl)CC2)cc1Oc1cnc2[nH]ccc2c1. The van der Waals surface area contributed by atoms with E-state index >= 15 is 0 Å². The number of aromatic nitrogens is 4.